The Balaban J connectivity index is 1.60. The highest BCUT2D eigenvalue weighted by molar-refractivity contribution is 5.94. The number of aromatic amines is 1. The number of aryl methyl sites for hydroxylation is 1. The second-order valence-electron chi connectivity index (χ2n) is 6.33. The number of nitrogens with one attached hydrogen (secondary N) is 2. The SMILES string of the molecule is Cc1cc(C(=O)N[C@H]2CCCN(Cc3cccnc3)C2)cc(=O)[nH]1. The van der Waals surface area contributed by atoms with Crippen LogP contribution in [0.5, 0.6) is 0 Å². The topological polar surface area (TPSA) is 78.1 Å². The van der Waals surface area contributed by atoms with Crippen molar-refractivity contribution in [3.63, 3.8) is 0 Å². The molecule has 0 bridgehead atoms. The van der Waals surface area contributed by atoms with E-state index in [1.807, 2.05) is 12.3 Å². The van der Waals surface area contributed by atoms with Crippen molar-refractivity contribution in [2.24, 2.45) is 0 Å². The van der Waals surface area contributed by atoms with Crippen LogP contribution in [-0.2, 0) is 6.54 Å². The highest BCUT2D eigenvalue weighted by atomic mass is 16.2. The molecular weight excluding hydrogens is 304 g/mol. The zero-order valence-corrected chi connectivity index (χ0v) is 13.8. The molecule has 0 radical (unpaired) electrons. The standard InChI is InChI=1S/C18H22N4O2/c1-13-8-15(9-17(23)20-13)18(24)21-16-5-3-7-22(12-16)11-14-4-2-6-19-10-14/h2,4,6,8-10,16H,3,5,7,11-12H2,1H3,(H,20,23)(H,21,24)/t16-/m0/s1. The minimum Gasteiger partial charge on any atom is -0.348 e. The lowest BCUT2D eigenvalue weighted by Gasteiger charge is -2.33. The molecule has 1 aliphatic heterocycles. The lowest BCUT2D eigenvalue weighted by molar-refractivity contribution is 0.0900. The maximum Gasteiger partial charge on any atom is 0.251 e. The van der Waals surface area contributed by atoms with Crippen molar-refractivity contribution in [2.75, 3.05) is 13.1 Å². The normalized spacial score (nSPS) is 18.3. The first kappa shape index (κ1) is 16.4. The number of carbonyl (C=O) groups is 1. The van der Waals surface area contributed by atoms with Crippen molar-refractivity contribution in [1.29, 1.82) is 0 Å². The Morgan fingerprint density at radius 2 is 2.33 bits per heavy atom. The number of piperidine rings is 1. The number of hydrogen-bond acceptors (Lipinski definition) is 4. The fourth-order valence-electron chi connectivity index (χ4n) is 3.15. The molecule has 6 heteroatoms. The molecule has 1 amide bonds. The van der Waals surface area contributed by atoms with Crippen LogP contribution in [0.25, 0.3) is 0 Å². The van der Waals surface area contributed by atoms with Crippen molar-refractivity contribution in [2.45, 2.75) is 32.4 Å². The van der Waals surface area contributed by atoms with Gasteiger partial charge in [0.15, 0.2) is 0 Å². The van der Waals surface area contributed by atoms with Gasteiger partial charge in [-0.05, 0) is 44.0 Å². The van der Waals surface area contributed by atoms with Crippen LogP contribution >= 0.6 is 0 Å². The van der Waals surface area contributed by atoms with Crippen LogP contribution in [0.2, 0.25) is 0 Å². The Kier molecular flexibility index (Phi) is 5.05. The monoisotopic (exact) mass is 326 g/mol. The number of aromatic nitrogens is 2. The maximum atomic E-state index is 12.4. The summed E-state index contributed by atoms with van der Waals surface area (Å²) in [4.78, 5) is 33.0. The van der Waals surface area contributed by atoms with Crippen LogP contribution < -0.4 is 10.9 Å². The Hall–Kier alpha value is -2.47. The summed E-state index contributed by atoms with van der Waals surface area (Å²) in [6, 6.07) is 7.15. The molecule has 2 N–H and O–H groups in total. The highest BCUT2D eigenvalue weighted by Gasteiger charge is 2.22. The van der Waals surface area contributed by atoms with Gasteiger partial charge in [-0.25, -0.2) is 0 Å². The predicted octanol–water partition coefficient (Wildman–Crippen LogP) is 1.47. The van der Waals surface area contributed by atoms with E-state index in [9.17, 15) is 9.59 Å². The van der Waals surface area contributed by atoms with E-state index in [1.54, 1.807) is 19.2 Å². The van der Waals surface area contributed by atoms with Gasteiger partial charge in [-0.1, -0.05) is 6.07 Å². The molecule has 0 aliphatic carbocycles. The van der Waals surface area contributed by atoms with Crippen LogP contribution in [0.4, 0.5) is 0 Å². The molecule has 126 valence electrons. The predicted molar refractivity (Wildman–Crippen MR) is 91.8 cm³/mol. The first-order chi connectivity index (χ1) is 11.6. The van der Waals surface area contributed by atoms with Gasteiger partial charge >= 0.3 is 0 Å². The second kappa shape index (κ2) is 7.40. The summed E-state index contributed by atoms with van der Waals surface area (Å²) in [5.41, 5.74) is 2.03. The molecule has 0 saturated carbocycles. The minimum absolute atomic E-state index is 0.0996. The van der Waals surface area contributed by atoms with Gasteiger partial charge in [-0.15, -0.1) is 0 Å². The zero-order chi connectivity index (χ0) is 16.9. The van der Waals surface area contributed by atoms with Gasteiger partial charge in [0.1, 0.15) is 0 Å². The zero-order valence-electron chi connectivity index (χ0n) is 13.8. The van der Waals surface area contributed by atoms with Gasteiger partial charge in [0.2, 0.25) is 5.56 Å². The van der Waals surface area contributed by atoms with Gasteiger partial charge in [0, 0.05) is 48.8 Å². The molecule has 0 unspecified atom stereocenters. The van der Waals surface area contributed by atoms with Crippen LogP contribution in [0.15, 0.2) is 41.5 Å². The fraction of sp³-hybridized carbons (Fsp3) is 0.389. The van der Waals surface area contributed by atoms with Crippen LogP contribution in [-0.4, -0.2) is 39.9 Å². The molecule has 3 heterocycles. The average Bonchev–Trinajstić information content (AvgIpc) is 2.55. The number of rotatable bonds is 4. The van der Waals surface area contributed by atoms with Gasteiger partial charge in [0.25, 0.3) is 5.91 Å². The summed E-state index contributed by atoms with van der Waals surface area (Å²) in [5, 5.41) is 3.06. The lowest BCUT2D eigenvalue weighted by Crippen LogP contribution is -2.47. The number of nitrogens with zero attached hydrogens (tertiary/aromatic N) is 2. The molecule has 1 saturated heterocycles. The molecule has 2 aromatic rings. The van der Waals surface area contributed by atoms with E-state index in [4.69, 9.17) is 0 Å². The lowest BCUT2D eigenvalue weighted by atomic mass is 10.0. The van der Waals surface area contributed by atoms with E-state index in [-0.39, 0.29) is 17.5 Å². The van der Waals surface area contributed by atoms with Gasteiger partial charge < -0.3 is 10.3 Å². The molecule has 1 aliphatic rings. The van der Waals surface area contributed by atoms with E-state index < -0.39 is 0 Å². The molecular formula is C18H22N4O2. The summed E-state index contributed by atoms with van der Waals surface area (Å²) in [7, 11) is 0. The summed E-state index contributed by atoms with van der Waals surface area (Å²) < 4.78 is 0. The van der Waals surface area contributed by atoms with E-state index in [1.165, 1.54) is 11.6 Å². The third-order valence-electron chi connectivity index (χ3n) is 4.21. The Morgan fingerprint density at radius 1 is 1.46 bits per heavy atom. The minimum atomic E-state index is -0.248. The first-order valence-electron chi connectivity index (χ1n) is 8.23. The number of carbonyl (C=O) groups excluding carboxylic acids is 1. The molecule has 0 aromatic carbocycles. The number of likely N-dealkylation sites (tertiary alicyclic amines) is 1. The second-order valence-corrected chi connectivity index (χ2v) is 6.33. The van der Waals surface area contributed by atoms with Crippen molar-refractivity contribution in [1.82, 2.24) is 20.2 Å². The van der Waals surface area contributed by atoms with Crippen LogP contribution in [0.1, 0.15) is 34.5 Å². The fourth-order valence-corrected chi connectivity index (χ4v) is 3.15. The molecule has 2 aromatic heterocycles. The summed E-state index contributed by atoms with van der Waals surface area (Å²) in [6.07, 6.45) is 5.64. The summed E-state index contributed by atoms with van der Waals surface area (Å²) in [5.74, 6) is -0.183. The number of hydrogen-bond donors (Lipinski definition) is 2. The molecule has 1 atom stereocenters. The van der Waals surface area contributed by atoms with Gasteiger partial charge in [-0.2, -0.15) is 0 Å². The maximum absolute atomic E-state index is 12.4. The summed E-state index contributed by atoms with van der Waals surface area (Å²) in [6.45, 7) is 4.44. The number of H-pyrrole nitrogens is 1. The Morgan fingerprint density at radius 3 is 3.08 bits per heavy atom. The third-order valence-corrected chi connectivity index (χ3v) is 4.21. The molecule has 3 rings (SSSR count). The van der Waals surface area contributed by atoms with E-state index in [0.29, 0.717) is 11.3 Å². The molecule has 6 nitrogen and oxygen atoms in total. The largest absolute Gasteiger partial charge is 0.348 e. The van der Waals surface area contributed by atoms with E-state index in [0.717, 1.165) is 32.5 Å². The summed E-state index contributed by atoms with van der Waals surface area (Å²) >= 11 is 0. The van der Waals surface area contributed by atoms with E-state index in [2.05, 4.69) is 26.3 Å². The van der Waals surface area contributed by atoms with Crippen molar-refractivity contribution in [3.8, 4) is 0 Å². The van der Waals surface area contributed by atoms with Crippen LogP contribution in [0, 0.1) is 6.92 Å². The quantitative estimate of drug-likeness (QED) is 0.892. The van der Waals surface area contributed by atoms with Crippen molar-refractivity contribution < 1.29 is 4.79 Å². The van der Waals surface area contributed by atoms with Crippen molar-refractivity contribution in [3.05, 3.63) is 63.8 Å². The van der Waals surface area contributed by atoms with Crippen LogP contribution in [0.3, 0.4) is 0 Å². The Bertz CT molecular complexity index is 757. The van der Waals surface area contributed by atoms with Crippen molar-refractivity contribution >= 4 is 5.91 Å². The molecule has 1 fully saturated rings. The molecule has 24 heavy (non-hydrogen) atoms. The first-order valence-corrected chi connectivity index (χ1v) is 8.23. The Labute approximate surface area is 140 Å². The number of amides is 1. The molecule has 0 spiro atoms. The third kappa shape index (κ3) is 4.29. The van der Waals surface area contributed by atoms with Gasteiger partial charge in [0.05, 0.1) is 0 Å². The average molecular weight is 326 g/mol. The number of pyridine rings is 2. The smallest absolute Gasteiger partial charge is 0.251 e. The van der Waals surface area contributed by atoms with E-state index >= 15 is 0 Å². The van der Waals surface area contributed by atoms with Gasteiger partial charge in [-0.3, -0.25) is 19.5 Å². The highest BCUT2D eigenvalue weighted by Crippen LogP contribution is 2.14.